The van der Waals surface area contributed by atoms with Gasteiger partial charge in [0.2, 0.25) is 0 Å². The van der Waals surface area contributed by atoms with Crippen LogP contribution in [-0.4, -0.2) is 11.2 Å². The second-order valence-corrected chi connectivity index (χ2v) is 3.06. The van der Waals surface area contributed by atoms with E-state index in [1.54, 1.807) is 0 Å². The summed E-state index contributed by atoms with van der Waals surface area (Å²) in [7, 11) is 0. The molecule has 1 heterocycles. The molecule has 0 aliphatic carbocycles. The van der Waals surface area contributed by atoms with Gasteiger partial charge in [0.25, 0.3) is 5.56 Å². The van der Waals surface area contributed by atoms with Gasteiger partial charge in [0.1, 0.15) is 6.04 Å². The monoisotopic (exact) mass is 226 g/mol. The van der Waals surface area contributed by atoms with E-state index in [0.717, 1.165) is 12.3 Å². The van der Waals surface area contributed by atoms with Crippen LogP contribution < -0.4 is 11.3 Å². The summed E-state index contributed by atoms with van der Waals surface area (Å²) < 4.78 is 36.4. The van der Waals surface area contributed by atoms with Crippen LogP contribution >= 0.6 is 11.6 Å². The lowest BCUT2D eigenvalue weighted by molar-refractivity contribution is -0.149. The number of hydrogen-bond acceptors (Lipinski definition) is 2. The molecule has 1 rings (SSSR count). The molecule has 3 N–H and O–H groups in total. The van der Waals surface area contributed by atoms with Crippen molar-refractivity contribution in [2.45, 2.75) is 12.2 Å². The molecule has 0 unspecified atom stereocenters. The van der Waals surface area contributed by atoms with Gasteiger partial charge in [0.15, 0.2) is 0 Å². The Hall–Kier alpha value is -1.01. The highest BCUT2D eigenvalue weighted by Gasteiger charge is 2.39. The summed E-state index contributed by atoms with van der Waals surface area (Å²) in [6.07, 6.45) is -3.56. The lowest BCUT2D eigenvalue weighted by Gasteiger charge is -2.14. The third-order valence-corrected chi connectivity index (χ3v) is 1.80. The Kier molecular flexibility index (Phi) is 2.86. The van der Waals surface area contributed by atoms with Gasteiger partial charge in [-0.3, -0.25) is 4.79 Å². The van der Waals surface area contributed by atoms with E-state index < -0.39 is 23.3 Å². The molecule has 0 bridgehead atoms. The summed E-state index contributed by atoms with van der Waals surface area (Å²) in [5, 5.41) is -0.000648. The highest BCUT2D eigenvalue weighted by Crippen LogP contribution is 2.29. The minimum Gasteiger partial charge on any atom is -0.327 e. The quantitative estimate of drug-likeness (QED) is 0.764. The average molecular weight is 227 g/mol. The topological polar surface area (TPSA) is 58.9 Å². The molecule has 78 valence electrons. The summed E-state index contributed by atoms with van der Waals surface area (Å²) in [6, 6.07) is -1.41. The van der Waals surface area contributed by atoms with E-state index in [1.807, 2.05) is 0 Å². The Morgan fingerprint density at radius 2 is 2.07 bits per heavy atom. The summed E-state index contributed by atoms with van der Waals surface area (Å²) in [4.78, 5) is 13.0. The third kappa shape index (κ3) is 2.27. The van der Waals surface area contributed by atoms with Gasteiger partial charge >= 0.3 is 6.18 Å². The van der Waals surface area contributed by atoms with E-state index in [9.17, 15) is 18.0 Å². The Morgan fingerprint density at radius 1 is 1.50 bits per heavy atom. The largest absolute Gasteiger partial charge is 0.407 e. The van der Waals surface area contributed by atoms with Crippen LogP contribution in [0.1, 0.15) is 11.6 Å². The fourth-order valence-corrected chi connectivity index (χ4v) is 1.05. The molecule has 0 radical (unpaired) electrons. The number of rotatable bonds is 1. The first-order valence-electron chi connectivity index (χ1n) is 3.53. The first kappa shape index (κ1) is 11.1. The van der Waals surface area contributed by atoms with Gasteiger partial charge in [-0.05, 0) is 6.07 Å². The van der Waals surface area contributed by atoms with Crippen LogP contribution in [-0.2, 0) is 0 Å². The first-order valence-corrected chi connectivity index (χ1v) is 3.90. The summed E-state index contributed by atoms with van der Waals surface area (Å²) >= 11 is 5.42. The van der Waals surface area contributed by atoms with Crippen molar-refractivity contribution in [3.05, 3.63) is 33.2 Å². The predicted molar refractivity (Wildman–Crippen MR) is 45.1 cm³/mol. The number of hydrogen-bond donors (Lipinski definition) is 2. The standard InChI is InChI=1S/C7H6ClF3N2O/c8-3-1-4(6(14)13-2-3)5(12)7(9,10)11/h1-2,5H,12H2,(H,13,14)/t5-/m1/s1. The Bertz CT molecular complexity index is 387. The number of aromatic nitrogens is 1. The van der Waals surface area contributed by atoms with Crippen molar-refractivity contribution in [1.82, 2.24) is 4.98 Å². The molecule has 1 aromatic heterocycles. The Balaban J connectivity index is 3.19. The molecule has 0 aliphatic heterocycles. The molecule has 0 aromatic carbocycles. The van der Waals surface area contributed by atoms with Crippen molar-refractivity contribution < 1.29 is 13.2 Å². The molecular formula is C7H6ClF3N2O. The van der Waals surface area contributed by atoms with Gasteiger partial charge < -0.3 is 10.7 Å². The summed E-state index contributed by atoms with van der Waals surface area (Å²) in [5.41, 5.74) is 3.36. The molecule has 0 fully saturated rings. The van der Waals surface area contributed by atoms with Crippen molar-refractivity contribution in [3.63, 3.8) is 0 Å². The Labute approximate surface area is 81.7 Å². The molecular weight excluding hydrogens is 221 g/mol. The number of pyridine rings is 1. The van der Waals surface area contributed by atoms with Crippen LogP contribution in [0.4, 0.5) is 13.2 Å². The normalized spacial score (nSPS) is 14.1. The van der Waals surface area contributed by atoms with Crippen LogP contribution in [0.15, 0.2) is 17.1 Å². The Morgan fingerprint density at radius 3 is 2.57 bits per heavy atom. The van der Waals surface area contributed by atoms with Crippen LogP contribution in [0.2, 0.25) is 5.02 Å². The number of nitrogens with two attached hydrogens (primary N) is 1. The lowest BCUT2D eigenvalue weighted by Crippen LogP contribution is -2.33. The van der Waals surface area contributed by atoms with E-state index in [-0.39, 0.29) is 5.02 Å². The van der Waals surface area contributed by atoms with E-state index in [0.29, 0.717) is 0 Å². The SMILES string of the molecule is N[C@H](c1cc(Cl)c[nH]c1=O)C(F)(F)F. The van der Waals surface area contributed by atoms with E-state index in [4.69, 9.17) is 17.3 Å². The molecule has 0 saturated carbocycles. The maximum Gasteiger partial charge on any atom is 0.407 e. The minimum absolute atomic E-state index is 0.000648. The van der Waals surface area contributed by atoms with E-state index in [1.165, 1.54) is 0 Å². The zero-order valence-electron chi connectivity index (χ0n) is 6.73. The van der Waals surface area contributed by atoms with Crippen LogP contribution in [0.5, 0.6) is 0 Å². The fourth-order valence-electron chi connectivity index (χ4n) is 0.881. The number of aromatic amines is 1. The van der Waals surface area contributed by atoms with E-state index >= 15 is 0 Å². The lowest BCUT2D eigenvalue weighted by atomic mass is 10.1. The van der Waals surface area contributed by atoms with Crippen molar-refractivity contribution in [2.24, 2.45) is 5.73 Å². The van der Waals surface area contributed by atoms with Crippen molar-refractivity contribution in [3.8, 4) is 0 Å². The zero-order valence-corrected chi connectivity index (χ0v) is 7.49. The summed E-state index contributed by atoms with van der Waals surface area (Å²) in [5.74, 6) is 0. The molecule has 1 aromatic rings. The third-order valence-electron chi connectivity index (χ3n) is 1.58. The maximum atomic E-state index is 12.1. The molecule has 3 nitrogen and oxygen atoms in total. The minimum atomic E-state index is -4.66. The van der Waals surface area contributed by atoms with Crippen molar-refractivity contribution >= 4 is 11.6 Å². The van der Waals surface area contributed by atoms with Crippen LogP contribution in [0.25, 0.3) is 0 Å². The molecule has 14 heavy (non-hydrogen) atoms. The second-order valence-electron chi connectivity index (χ2n) is 2.62. The van der Waals surface area contributed by atoms with E-state index in [2.05, 4.69) is 4.98 Å². The highest BCUT2D eigenvalue weighted by molar-refractivity contribution is 6.30. The number of alkyl halides is 3. The molecule has 0 aliphatic rings. The van der Waals surface area contributed by atoms with Crippen LogP contribution in [0, 0.1) is 0 Å². The molecule has 0 amide bonds. The van der Waals surface area contributed by atoms with Gasteiger partial charge in [0.05, 0.1) is 5.02 Å². The second kappa shape index (κ2) is 3.62. The van der Waals surface area contributed by atoms with Crippen molar-refractivity contribution in [2.75, 3.05) is 0 Å². The number of halogens is 4. The fraction of sp³-hybridized carbons (Fsp3) is 0.286. The van der Waals surface area contributed by atoms with Gasteiger partial charge in [-0.15, -0.1) is 0 Å². The van der Waals surface area contributed by atoms with Gasteiger partial charge in [-0.25, -0.2) is 0 Å². The first-order chi connectivity index (χ1) is 6.32. The van der Waals surface area contributed by atoms with Crippen LogP contribution in [0.3, 0.4) is 0 Å². The molecule has 0 saturated heterocycles. The maximum absolute atomic E-state index is 12.1. The van der Waals surface area contributed by atoms with Gasteiger partial charge in [-0.2, -0.15) is 13.2 Å². The zero-order chi connectivity index (χ0) is 10.9. The molecule has 7 heteroatoms. The average Bonchev–Trinajstić information content (AvgIpc) is 2.06. The number of nitrogens with one attached hydrogen (secondary N) is 1. The molecule has 1 atom stereocenters. The predicted octanol–water partition coefficient (Wildman–Crippen LogP) is 1.59. The summed E-state index contributed by atoms with van der Waals surface area (Å²) in [6.45, 7) is 0. The highest BCUT2D eigenvalue weighted by atomic mass is 35.5. The van der Waals surface area contributed by atoms with Gasteiger partial charge in [0, 0.05) is 11.8 Å². The number of H-pyrrole nitrogens is 1. The van der Waals surface area contributed by atoms with Gasteiger partial charge in [-0.1, -0.05) is 11.6 Å². The smallest absolute Gasteiger partial charge is 0.327 e. The van der Waals surface area contributed by atoms with Crippen molar-refractivity contribution in [1.29, 1.82) is 0 Å². The molecule has 0 spiro atoms.